The van der Waals surface area contributed by atoms with Crippen molar-refractivity contribution in [2.24, 2.45) is 5.73 Å². The smallest absolute Gasteiger partial charge is 0.354 e. The lowest BCUT2D eigenvalue weighted by Gasteiger charge is -2.12. The van der Waals surface area contributed by atoms with Gasteiger partial charge in [0.2, 0.25) is 0 Å². The molecule has 0 spiro atoms. The van der Waals surface area contributed by atoms with E-state index in [0.29, 0.717) is 42.3 Å². The van der Waals surface area contributed by atoms with Crippen LogP contribution in [0, 0.1) is 0 Å². The Hall–Kier alpha value is -2.19. The number of rotatable bonds is 5. The van der Waals surface area contributed by atoms with Crippen LogP contribution in [0.2, 0.25) is 5.02 Å². The molecule has 9 heteroatoms. The first kappa shape index (κ1) is 21.5. The molecule has 0 aliphatic rings. The summed E-state index contributed by atoms with van der Waals surface area (Å²) in [6.07, 6.45) is -7.56. The van der Waals surface area contributed by atoms with Gasteiger partial charge in [0, 0.05) is 21.5 Å². The second-order valence-corrected chi connectivity index (χ2v) is 7.08. The summed E-state index contributed by atoms with van der Waals surface area (Å²) in [5, 5.41) is 0.376. The van der Waals surface area contributed by atoms with Crippen molar-refractivity contribution in [3.8, 4) is 11.3 Å². The van der Waals surface area contributed by atoms with Gasteiger partial charge in [-0.2, -0.15) is 26.3 Å². The Bertz CT molecular complexity index is 1020. The molecule has 1 heterocycles. The van der Waals surface area contributed by atoms with Crippen LogP contribution in [0.5, 0.6) is 0 Å². The second kappa shape index (κ2) is 7.91. The Morgan fingerprint density at radius 1 is 0.862 bits per heavy atom. The van der Waals surface area contributed by atoms with E-state index in [4.69, 9.17) is 17.3 Å². The van der Waals surface area contributed by atoms with Gasteiger partial charge in [0.05, 0.1) is 16.8 Å². The average Bonchev–Trinajstić information content (AvgIpc) is 2.98. The van der Waals surface area contributed by atoms with Crippen LogP contribution in [0.25, 0.3) is 22.2 Å². The first-order valence-electron chi connectivity index (χ1n) is 8.81. The predicted molar refractivity (Wildman–Crippen MR) is 101 cm³/mol. The molecule has 0 fully saturated rings. The van der Waals surface area contributed by atoms with Gasteiger partial charge in [-0.3, -0.25) is 0 Å². The average molecular weight is 435 g/mol. The molecule has 0 aliphatic heterocycles. The predicted octanol–water partition coefficient (Wildman–Crippen LogP) is 6.81. The SMILES string of the molecule is NCCCCc1c(-c2cc(C(F)(F)F)ccc2Cl)[nH]c2ccc(C(F)(F)F)cc12. The van der Waals surface area contributed by atoms with Gasteiger partial charge in [-0.05, 0) is 67.8 Å². The zero-order chi connectivity index (χ0) is 21.4. The van der Waals surface area contributed by atoms with Crippen LogP contribution in [-0.2, 0) is 18.8 Å². The number of nitrogens with one attached hydrogen (secondary N) is 1. The van der Waals surface area contributed by atoms with Crippen molar-refractivity contribution in [1.29, 1.82) is 0 Å². The van der Waals surface area contributed by atoms with E-state index in [0.717, 1.165) is 30.3 Å². The summed E-state index contributed by atoms with van der Waals surface area (Å²) in [7, 11) is 0. The van der Waals surface area contributed by atoms with Gasteiger partial charge >= 0.3 is 12.4 Å². The molecule has 0 amide bonds. The molecule has 3 aromatic rings. The third-order valence-corrected chi connectivity index (χ3v) is 5.01. The van der Waals surface area contributed by atoms with Crippen molar-refractivity contribution in [1.82, 2.24) is 4.98 Å². The van der Waals surface area contributed by atoms with Crippen LogP contribution in [-0.4, -0.2) is 11.5 Å². The fourth-order valence-electron chi connectivity index (χ4n) is 3.25. The van der Waals surface area contributed by atoms with Gasteiger partial charge in [-0.25, -0.2) is 0 Å². The molecule has 2 nitrogen and oxygen atoms in total. The summed E-state index contributed by atoms with van der Waals surface area (Å²) >= 11 is 6.16. The number of unbranched alkanes of at least 4 members (excludes halogenated alkanes) is 1. The maximum atomic E-state index is 13.2. The number of fused-ring (bicyclic) bond motifs is 1. The molecule has 0 saturated carbocycles. The first-order chi connectivity index (χ1) is 13.5. The van der Waals surface area contributed by atoms with Gasteiger partial charge in [0.15, 0.2) is 0 Å². The molecule has 3 N–H and O–H groups in total. The summed E-state index contributed by atoms with van der Waals surface area (Å²) < 4.78 is 79.0. The lowest BCUT2D eigenvalue weighted by Crippen LogP contribution is -2.05. The number of aryl methyl sites for hydroxylation is 1. The number of H-pyrrole nitrogens is 1. The van der Waals surface area contributed by atoms with Gasteiger partial charge in [0.25, 0.3) is 0 Å². The van der Waals surface area contributed by atoms with Crippen molar-refractivity contribution >= 4 is 22.5 Å². The van der Waals surface area contributed by atoms with E-state index in [1.165, 1.54) is 6.07 Å². The Labute approximate surface area is 167 Å². The number of hydrogen-bond donors (Lipinski definition) is 2. The number of halogens is 7. The molecule has 2 aromatic carbocycles. The summed E-state index contributed by atoms with van der Waals surface area (Å²) in [6.45, 7) is 0.399. The molecule has 29 heavy (non-hydrogen) atoms. The van der Waals surface area contributed by atoms with Crippen molar-refractivity contribution in [2.45, 2.75) is 31.6 Å². The minimum Gasteiger partial charge on any atom is -0.354 e. The standard InChI is InChI=1S/C20H17ClF6N2/c21-16-6-4-11(19(22,23)24)10-15(16)18-13(3-1-2-8-28)14-9-12(20(25,26)27)5-7-17(14)29-18/h4-7,9-10,29H,1-3,8,28H2. The summed E-state index contributed by atoms with van der Waals surface area (Å²) in [5.74, 6) is 0. The molecule has 0 aliphatic carbocycles. The third-order valence-electron chi connectivity index (χ3n) is 4.68. The van der Waals surface area contributed by atoms with Gasteiger partial charge in [-0.15, -0.1) is 0 Å². The lowest BCUT2D eigenvalue weighted by atomic mass is 9.98. The molecule has 0 atom stereocenters. The first-order valence-corrected chi connectivity index (χ1v) is 9.19. The van der Waals surface area contributed by atoms with E-state index in [1.807, 2.05) is 0 Å². The normalized spacial score (nSPS) is 12.7. The summed E-state index contributed by atoms with van der Waals surface area (Å²) in [4.78, 5) is 2.96. The molecule has 0 saturated heterocycles. The Balaban J connectivity index is 2.23. The molecular formula is C20H17ClF6N2. The number of alkyl halides is 6. The number of nitrogens with two attached hydrogens (primary N) is 1. The van der Waals surface area contributed by atoms with Gasteiger partial charge in [0.1, 0.15) is 0 Å². The highest BCUT2D eigenvalue weighted by Crippen LogP contribution is 2.40. The minimum atomic E-state index is -4.57. The van der Waals surface area contributed by atoms with Crippen molar-refractivity contribution < 1.29 is 26.3 Å². The second-order valence-electron chi connectivity index (χ2n) is 6.67. The quantitative estimate of drug-likeness (QED) is 0.336. The topological polar surface area (TPSA) is 41.8 Å². The fourth-order valence-corrected chi connectivity index (χ4v) is 3.46. The van der Waals surface area contributed by atoms with Crippen LogP contribution in [0.15, 0.2) is 36.4 Å². The van der Waals surface area contributed by atoms with E-state index >= 15 is 0 Å². The molecule has 156 valence electrons. The highest BCUT2D eigenvalue weighted by atomic mass is 35.5. The zero-order valence-corrected chi connectivity index (χ0v) is 15.8. The number of aromatic nitrogens is 1. The van der Waals surface area contributed by atoms with Crippen molar-refractivity contribution in [3.05, 3.63) is 58.1 Å². The minimum absolute atomic E-state index is 0.0701. The molecule has 0 unspecified atom stereocenters. The van der Waals surface area contributed by atoms with Crippen LogP contribution in [0.1, 0.15) is 29.5 Å². The van der Waals surface area contributed by atoms with Crippen LogP contribution in [0.4, 0.5) is 26.3 Å². The van der Waals surface area contributed by atoms with Crippen LogP contribution in [0.3, 0.4) is 0 Å². The number of benzene rings is 2. The number of hydrogen-bond acceptors (Lipinski definition) is 1. The van der Waals surface area contributed by atoms with E-state index in [-0.39, 0.29) is 16.3 Å². The van der Waals surface area contributed by atoms with Crippen LogP contribution >= 0.6 is 11.6 Å². The molecule has 3 rings (SSSR count). The Morgan fingerprint density at radius 2 is 1.48 bits per heavy atom. The fraction of sp³-hybridized carbons (Fsp3) is 0.300. The maximum absolute atomic E-state index is 13.2. The van der Waals surface area contributed by atoms with E-state index in [2.05, 4.69) is 4.98 Å². The highest BCUT2D eigenvalue weighted by Gasteiger charge is 2.33. The van der Waals surface area contributed by atoms with Gasteiger partial charge < -0.3 is 10.7 Å². The van der Waals surface area contributed by atoms with Crippen molar-refractivity contribution in [2.75, 3.05) is 6.54 Å². The lowest BCUT2D eigenvalue weighted by molar-refractivity contribution is -0.138. The molecule has 1 aromatic heterocycles. The summed E-state index contributed by atoms with van der Waals surface area (Å²) in [6, 6.07) is 6.12. The van der Waals surface area contributed by atoms with E-state index in [1.54, 1.807) is 0 Å². The zero-order valence-electron chi connectivity index (χ0n) is 15.0. The molecule has 0 radical (unpaired) electrons. The monoisotopic (exact) mass is 434 g/mol. The van der Waals surface area contributed by atoms with Crippen molar-refractivity contribution in [3.63, 3.8) is 0 Å². The Kier molecular flexibility index (Phi) is 5.87. The van der Waals surface area contributed by atoms with E-state index in [9.17, 15) is 26.3 Å². The maximum Gasteiger partial charge on any atom is 0.416 e. The largest absolute Gasteiger partial charge is 0.416 e. The number of aromatic amines is 1. The van der Waals surface area contributed by atoms with E-state index < -0.39 is 23.5 Å². The molecular weight excluding hydrogens is 418 g/mol. The highest BCUT2D eigenvalue weighted by molar-refractivity contribution is 6.33. The summed E-state index contributed by atoms with van der Waals surface area (Å²) in [5.41, 5.74) is 5.04. The third kappa shape index (κ3) is 4.53. The van der Waals surface area contributed by atoms with Crippen LogP contribution < -0.4 is 5.73 Å². The molecule has 0 bridgehead atoms. The Morgan fingerprint density at radius 3 is 2.10 bits per heavy atom. The van der Waals surface area contributed by atoms with Gasteiger partial charge in [-0.1, -0.05) is 11.6 Å².